The zero-order valence-electron chi connectivity index (χ0n) is 9.63. The van der Waals surface area contributed by atoms with Crippen molar-refractivity contribution in [1.29, 1.82) is 0 Å². The number of hydrogen-bond acceptors (Lipinski definition) is 3. The Labute approximate surface area is 100 Å². The molecular weight excluding hydrogens is 216 g/mol. The van der Waals surface area contributed by atoms with Crippen molar-refractivity contribution in [2.24, 2.45) is 5.92 Å². The van der Waals surface area contributed by atoms with E-state index in [4.69, 9.17) is 0 Å². The van der Waals surface area contributed by atoms with Crippen LogP contribution < -0.4 is 0 Å². The van der Waals surface area contributed by atoms with Crippen LogP contribution in [0.2, 0.25) is 0 Å². The highest BCUT2D eigenvalue weighted by Crippen LogP contribution is 2.25. The van der Waals surface area contributed by atoms with Crippen molar-refractivity contribution in [3.05, 3.63) is 35.9 Å². The molecule has 1 aliphatic rings. The molecule has 90 valence electrons. The molecule has 1 aromatic rings. The lowest BCUT2D eigenvalue weighted by atomic mass is 9.81. The van der Waals surface area contributed by atoms with Gasteiger partial charge >= 0.3 is 0 Å². The predicted molar refractivity (Wildman–Crippen MR) is 63.7 cm³/mol. The van der Waals surface area contributed by atoms with Crippen molar-refractivity contribution < 1.29 is 14.7 Å². The SMILES string of the molecule is O=C1CCCC[C@H]1[C@@H](O)C(=O)c1ccccc1. The molecule has 0 spiro atoms. The Morgan fingerprint density at radius 3 is 2.59 bits per heavy atom. The minimum atomic E-state index is -1.18. The second-order valence-electron chi connectivity index (χ2n) is 4.49. The molecule has 0 radical (unpaired) electrons. The number of carbonyl (C=O) groups excluding carboxylic acids is 2. The molecule has 0 bridgehead atoms. The van der Waals surface area contributed by atoms with Gasteiger partial charge in [-0.25, -0.2) is 0 Å². The zero-order chi connectivity index (χ0) is 12.3. The molecule has 2 rings (SSSR count). The van der Waals surface area contributed by atoms with Gasteiger partial charge in [0.2, 0.25) is 0 Å². The van der Waals surface area contributed by atoms with E-state index in [1.165, 1.54) is 0 Å². The number of ketones is 2. The highest BCUT2D eigenvalue weighted by molar-refractivity contribution is 6.02. The van der Waals surface area contributed by atoms with Crippen LogP contribution in [0.5, 0.6) is 0 Å². The quantitative estimate of drug-likeness (QED) is 0.811. The Balaban J connectivity index is 2.12. The van der Waals surface area contributed by atoms with Crippen molar-refractivity contribution in [3.63, 3.8) is 0 Å². The number of benzene rings is 1. The molecule has 0 amide bonds. The number of rotatable bonds is 3. The summed E-state index contributed by atoms with van der Waals surface area (Å²) in [6, 6.07) is 8.65. The van der Waals surface area contributed by atoms with E-state index in [1.54, 1.807) is 24.3 Å². The fourth-order valence-corrected chi connectivity index (χ4v) is 2.30. The van der Waals surface area contributed by atoms with E-state index in [9.17, 15) is 14.7 Å². The molecule has 3 heteroatoms. The summed E-state index contributed by atoms with van der Waals surface area (Å²) in [4.78, 5) is 23.6. The van der Waals surface area contributed by atoms with E-state index >= 15 is 0 Å². The minimum Gasteiger partial charge on any atom is -0.384 e. The molecule has 0 saturated heterocycles. The summed E-state index contributed by atoms with van der Waals surface area (Å²) in [5.41, 5.74) is 0.471. The lowest BCUT2D eigenvalue weighted by Gasteiger charge is -2.24. The van der Waals surface area contributed by atoms with Gasteiger partial charge in [0, 0.05) is 12.0 Å². The molecule has 1 aromatic carbocycles. The topological polar surface area (TPSA) is 54.4 Å². The predicted octanol–water partition coefficient (Wildman–Crippen LogP) is 1.99. The van der Waals surface area contributed by atoms with Crippen molar-refractivity contribution in [2.75, 3.05) is 0 Å². The number of Topliss-reactive ketones (excluding diaryl/α,β-unsaturated/α-hetero) is 2. The Hall–Kier alpha value is -1.48. The molecule has 0 heterocycles. The van der Waals surface area contributed by atoms with Crippen LogP contribution in [-0.2, 0) is 4.79 Å². The van der Waals surface area contributed by atoms with Gasteiger partial charge in [0.1, 0.15) is 11.9 Å². The van der Waals surface area contributed by atoms with Crippen LogP contribution in [0.15, 0.2) is 30.3 Å². The van der Waals surface area contributed by atoms with Crippen molar-refractivity contribution in [2.45, 2.75) is 31.8 Å². The normalized spacial score (nSPS) is 22.2. The molecule has 3 nitrogen and oxygen atoms in total. The molecule has 1 saturated carbocycles. The molecule has 0 unspecified atom stereocenters. The average molecular weight is 232 g/mol. The van der Waals surface area contributed by atoms with Gasteiger partial charge in [0.05, 0.1) is 5.92 Å². The van der Waals surface area contributed by atoms with Crippen LogP contribution in [0.1, 0.15) is 36.0 Å². The highest BCUT2D eigenvalue weighted by atomic mass is 16.3. The summed E-state index contributed by atoms with van der Waals surface area (Å²) in [5, 5.41) is 10.00. The standard InChI is InChI=1S/C14H16O3/c15-12-9-5-4-8-11(12)14(17)13(16)10-6-2-1-3-7-10/h1-3,6-7,11,14,17H,4-5,8-9H2/t11-,14-/m1/s1. The fraction of sp³-hybridized carbons (Fsp3) is 0.429. The molecule has 0 aliphatic heterocycles. The fourth-order valence-electron chi connectivity index (χ4n) is 2.30. The van der Waals surface area contributed by atoms with Gasteiger partial charge in [0.15, 0.2) is 5.78 Å². The number of aliphatic hydroxyl groups is 1. The first-order valence-electron chi connectivity index (χ1n) is 6.00. The summed E-state index contributed by atoms with van der Waals surface area (Å²) < 4.78 is 0. The first kappa shape index (κ1) is 12.0. The number of aliphatic hydroxyl groups excluding tert-OH is 1. The highest BCUT2D eigenvalue weighted by Gasteiger charge is 2.33. The molecule has 0 aromatic heterocycles. The Morgan fingerprint density at radius 1 is 1.24 bits per heavy atom. The average Bonchev–Trinajstić information content (AvgIpc) is 2.39. The van der Waals surface area contributed by atoms with Crippen LogP contribution in [-0.4, -0.2) is 22.8 Å². The van der Waals surface area contributed by atoms with Crippen molar-refractivity contribution in [3.8, 4) is 0 Å². The maximum atomic E-state index is 12.0. The van der Waals surface area contributed by atoms with Gasteiger partial charge in [-0.3, -0.25) is 9.59 Å². The van der Waals surface area contributed by atoms with E-state index in [1.807, 2.05) is 6.07 Å². The van der Waals surface area contributed by atoms with Gasteiger partial charge < -0.3 is 5.11 Å². The first-order chi connectivity index (χ1) is 8.20. The third-order valence-corrected chi connectivity index (χ3v) is 3.31. The monoisotopic (exact) mass is 232 g/mol. The third-order valence-electron chi connectivity index (χ3n) is 3.31. The summed E-state index contributed by atoms with van der Waals surface area (Å²) in [6.45, 7) is 0. The second kappa shape index (κ2) is 5.23. The maximum absolute atomic E-state index is 12.0. The van der Waals surface area contributed by atoms with Crippen molar-refractivity contribution >= 4 is 11.6 Å². The van der Waals surface area contributed by atoms with E-state index in [-0.39, 0.29) is 11.6 Å². The van der Waals surface area contributed by atoms with Crippen LogP contribution in [0, 0.1) is 5.92 Å². The van der Waals surface area contributed by atoms with Crippen LogP contribution in [0.25, 0.3) is 0 Å². The van der Waals surface area contributed by atoms with E-state index in [2.05, 4.69) is 0 Å². The molecule has 1 fully saturated rings. The van der Waals surface area contributed by atoms with Crippen LogP contribution in [0.4, 0.5) is 0 Å². The van der Waals surface area contributed by atoms with Crippen LogP contribution in [0.3, 0.4) is 0 Å². The summed E-state index contributed by atoms with van der Waals surface area (Å²) in [7, 11) is 0. The minimum absolute atomic E-state index is 0.0213. The maximum Gasteiger partial charge on any atom is 0.192 e. The van der Waals surface area contributed by atoms with Gasteiger partial charge in [-0.2, -0.15) is 0 Å². The summed E-state index contributed by atoms with van der Waals surface area (Å²) in [6.07, 6.45) is 1.73. The van der Waals surface area contributed by atoms with Crippen LogP contribution >= 0.6 is 0 Å². The van der Waals surface area contributed by atoms with Crippen molar-refractivity contribution in [1.82, 2.24) is 0 Å². The van der Waals surface area contributed by atoms with Gasteiger partial charge in [0.25, 0.3) is 0 Å². The molecular formula is C14H16O3. The Bertz CT molecular complexity index is 411. The lowest BCUT2D eigenvalue weighted by molar-refractivity contribution is -0.127. The Morgan fingerprint density at radius 2 is 1.94 bits per heavy atom. The van der Waals surface area contributed by atoms with Gasteiger partial charge in [-0.15, -0.1) is 0 Å². The zero-order valence-corrected chi connectivity index (χ0v) is 9.63. The molecule has 1 aliphatic carbocycles. The van der Waals surface area contributed by atoms with E-state index < -0.39 is 12.0 Å². The second-order valence-corrected chi connectivity index (χ2v) is 4.49. The third kappa shape index (κ3) is 2.61. The summed E-state index contributed by atoms with van der Waals surface area (Å²) in [5.74, 6) is -0.824. The van der Waals surface area contributed by atoms with E-state index in [0.29, 0.717) is 18.4 Å². The van der Waals surface area contributed by atoms with E-state index in [0.717, 1.165) is 12.8 Å². The molecule has 2 atom stereocenters. The summed E-state index contributed by atoms with van der Waals surface area (Å²) >= 11 is 0. The molecule has 17 heavy (non-hydrogen) atoms. The Kier molecular flexibility index (Phi) is 3.69. The number of hydrogen-bond donors (Lipinski definition) is 1. The number of carbonyl (C=O) groups is 2. The molecule has 1 N–H and O–H groups in total. The smallest absolute Gasteiger partial charge is 0.192 e. The lowest BCUT2D eigenvalue weighted by Crippen LogP contribution is -2.36. The largest absolute Gasteiger partial charge is 0.384 e. The van der Waals surface area contributed by atoms with Gasteiger partial charge in [-0.1, -0.05) is 36.8 Å². The first-order valence-corrected chi connectivity index (χ1v) is 6.00. The van der Waals surface area contributed by atoms with Gasteiger partial charge in [-0.05, 0) is 12.8 Å².